The highest BCUT2D eigenvalue weighted by molar-refractivity contribution is 7.89. The molecule has 2 atom stereocenters. The number of β-amino-alcohol motifs (C(OH)–C–C–N with tert-alkyl or cyclic N) is 1. The number of hydrogen-bond acceptors (Lipinski definition) is 8. The Bertz CT molecular complexity index is 1370. The summed E-state index contributed by atoms with van der Waals surface area (Å²) in [6, 6.07) is 11.9. The largest absolute Gasteiger partial charge is 0.417 e. The summed E-state index contributed by atoms with van der Waals surface area (Å²) >= 11 is 0. The summed E-state index contributed by atoms with van der Waals surface area (Å²) in [5.74, 6) is 1.02. The van der Waals surface area contributed by atoms with Crippen molar-refractivity contribution in [3.05, 3.63) is 66.5 Å². The maximum atomic E-state index is 13.3. The van der Waals surface area contributed by atoms with Crippen molar-refractivity contribution in [1.29, 1.82) is 0 Å². The van der Waals surface area contributed by atoms with Gasteiger partial charge in [-0.15, -0.1) is 0 Å². The molecule has 0 amide bonds. The molecule has 0 spiro atoms. The van der Waals surface area contributed by atoms with E-state index in [1.165, 1.54) is 22.5 Å². The fraction of sp³-hybridized carbons (Fsp3) is 0.407. The molecule has 1 aromatic carbocycles. The Kier molecular flexibility index (Phi) is 8.98. The normalized spacial score (nSPS) is 18.6. The summed E-state index contributed by atoms with van der Waals surface area (Å²) in [6.07, 6.45) is -2.85. The van der Waals surface area contributed by atoms with Gasteiger partial charge in [0, 0.05) is 51.2 Å². The van der Waals surface area contributed by atoms with Crippen LogP contribution in [0, 0.1) is 0 Å². The van der Waals surface area contributed by atoms with Crippen molar-refractivity contribution >= 4 is 21.7 Å². The van der Waals surface area contributed by atoms with Crippen LogP contribution in [0.5, 0.6) is 0 Å². The van der Waals surface area contributed by atoms with E-state index in [1.54, 1.807) is 18.3 Å². The molecule has 3 aromatic rings. The first-order valence-corrected chi connectivity index (χ1v) is 14.2. The molecule has 2 aromatic heterocycles. The lowest BCUT2D eigenvalue weighted by atomic mass is 10.0. The van der Waals surface area contributed by atoms with Gasteiger partial charge in [-0.25, -0.2) is 18.4 Å². The Labute approximate surface area is 232 Å². The van der Waals surface area contributed by atoms with Crippen molar-refractivity contribution in [3.63, 3.8) is 0 Å². The number of rotatable bonds is 9. The van der Waals surface area contributed by atoms with Crippen LogP contribution in [0.4, 0.5) is 24.8 Å². The van der Waals surface area contributed by atoms with Crippen LogP contribution in [-0.2, 0) is 16.2 Å². The first-order valence-electron chi connectivity index (χ1n) is 12.7. The number of hydrogen-bond donors (Lipinski definition) is 2. The Hall–Kier alpha value is -3.26. The zero-order valence-electron chi connectivity index (χ0n) is 22.5. The monoisotopic (exact) mass is 578 g/mol. The second-order valence-electron chi connectivity index (χ2n) is 10.1. The first kappa shape index (κ1) is 29.7. The molecule has 1 fully saturated rings. The van der Waals surface area contributed by atoms with Gasteiger partial charge in [0.25, 0.3) is 0 Å². The minimum atomic E-state index is -4.49. The predicted octanol–water partition coefficient (Wildman–Crippen LogP) is 3.40. The number of aliphatic hydroxyl groups is 1. The number of halogens is 3. The molecular formula is C27H33F3N6O3S. The van der Waals surface area contributed by atoms with Crippen LogP contribution in [0.1, 0.15) is 12.0 Å². The van der Waals surface area contributed by atoms with E-state index in [0.717, 1.165) is 36.1 Å². The smallest absolute Gasteiger partial charge is 0.390 e. The molecule has 1 aliphatic heterocycles. The zero-order valence-corrected chi connectivity index (χ0v) is 23.3. The molecule has 0 radical (unpaired) electrons. The van der Waals surface area contributed by atoms with Crippen molar-refractivity contribution in [3.8, 4) is 11.1 Å². The molecule has 40 heavy (non-hydrogen) atoms. The zero-order chi connectivity index (χ0) is 29.1. The van der Waals surface area contributed by atoms with Gasteiger partial charge in [0.05, 0.1) is 22.6 Å². The van der Waals surface area contributed by atoms with Gasteiger partial charge in [0.2, 0.25) is 10.0 Å². The lowest BCUT2D eigenvalue weighted by Crippen LogP contribution is -2.51. The minimum absolute atomic E-state index is 0.104. The number of benzene rings is 1. The van der Waals surface area contributed by atoms with E-state index in [9.17, 15) is 26.7 Å². The molecule has 0 saturated carbocycles. The van der Waals surface area contributed by atoms with Crippen LogP contribution in [0.2, 0.25) is 0 Å². The van der Waals surface area contributed by atoms with Gasteiger partial charge in [-0.2, -0.15) is 17.5 Å². The summed E-state index contributed by atoms with van der Waals surface area (Å²) in [7, 11) is 2.14. The van der Waals surface area contributed by atoms with Crippen molar-refractivity contribution in [1.82, 2.24) is 19.2 Å². The summed E-state index contributed by atoms with van der Waals surface area (Å²) in [5, 5.41) is 13.5. The first-order chi connectivity index (χ1) is 18.8. The van der Waals surface area contributed by atoms with Crippen molar-refractivity contribution in [2.75, 3.05) is 57.5 Å². The summed E-state index contributed by atoms with van der Waals surface area (Å²) in [4.78, 5) is 12.6. The van der Waals surface area contributed by atoms with Gasteiger partial charge in [0.1, 0.15) is 11.6 Å². The van der Waals surface area contributed by atoms with Crippen LogP contribution in [0.3, 0.4) is 0 Å². The van der Waals surface area contributed by atoms with Crippen LogP contribution in [0.15, 0.2) is 65.8 Å². The second kappa shape index (κ2) is 12.1. The van der Waals surface area contributed by atoms with E-state index in [4.69, 9.17) is 0 Å². The van der Waals surface area contributed by atoms with Crippen molar-refractivity contribution in [2.24, 2.45) is 0 Å². The highest BCUT2D eigenvalue weighted by atomic mass is 32.2. The fourth-order valence-corrected chi connectivity index (χ4v) is 5.81. The molecule has 0 unspecified atom stereocenters. The van der Waals surface area contributed by atoms with Crippen molar-refractivity contribution in [2.45, 2.75) is 29.6 Å². The number of sulfonamides is 1. The van der Waals surface area contributed by atoms with Crippen LogP contribution >= 0.6 is 0 Å². The van der Waals surface area contributed by atoms with Gasteiger partial charge in [-0.3, -0.25) is 0 Å². The van der Waals surface area contributed by atoms with Crippen LogP contribution in [-0.4, -0.2) is 92.2 Å². The number of anilines is 2. The highest BCUT2D eigenvalue weighted by Gasteiger charge is 2.35. The summed E-state index contributed by atoms with van der Waals surface area (Å²) in [5.41, 5.74) is 0.802. The lowest BCUT2D eigenvalue weighted by molar-refractivity contribution is -0.137. The fourth-order valence-electron chi connectivity index (χ4n) is 4.34. The van der Waals surface area contributed by atoms with Crippen molar-refractivity contribution < 1.29 is 26.7 Å². The Balaban J connectivity index is 1.37. The summed E-state index contributed by atoms with van der Waals surface area (Å²) < 4.78 is 66.0. The van der Waals surface area contributed by atoms with Gasteiger partial charge >= 0.3 is 6.18 Å². The Morgan fingerprint density at radius 2 is 1.68 bits per heavy atom. The molecular weight excluding hydrogens is 545 g/mol. The molecule has 0 aliphatic carbocycles. The van der Waals surface area contributed by atoms with Gasteiger partial charge in [-0.1, -0.05) is 12.1 Å². The maximum Gasteiger partial charge on any atom is 0.417 e. The number of likely N-dealkylation sites (N-methyl/N-ethyl adjacent to an activating group) is 2. The molecule has 1 saturated heterocycles. The number of aliphatic hydroxyl groups excluding tert-OH is 1. The van der Waals surface area contributed by atoms with E-state index in [0.29, 0.717) is 6.20 Å². The lowest BCUT2D eigenvalue weighted by Gasteiger charge is -2.35. The average molecular weight is 579 g/mol. The number of alkyl halides is 3. The number of aromatic nitrogens is 2. The third-order valence-corrected chi connectivity index (χ3v) is 8.70. The molecule has 9 nitrogen and oxygen atoms in total. The second-order valence-corrected chi connectivity index (χ2v) is 12.0. The molecule has 1 aliphatic rings. The highest BCUT2D eigenvalue weighted by Crippen LogP contribution is 2.30. The van der Waals surface area contributed by atoms with E-state index in [2.05, 4.69) is 25.1 Å². The standard InChI is InChI=1S/C27H33F3N6O3S/c1-34(2)14-15-35(3)26-11-6-20(16-32-26)19-4-8-22(9-5-19)40(38,39)36-13-12-23(24(37)18-36)33-25-10-7-21(17-31-25)27(28,29)30/h4-11,16-17,23-24,37H,12-15,18H2,1-3H3,(H,31,33)/t23-,24+/m1/s1. The number of nitrogens with zero attached hydrogens (tertiary/aromatic N) is 5. The van der Waals surface area contributed by atoms with E-state index in [-0.39, 0.29) is 30.2 Å². The van der Waals surface area contributed by atoms with Gasteiger partial charge in [-0.05, 0) is 62.5 Å². The molecule has 13 heteroatoms. The van der Waals surface area contributed by atoms with Gasteiger partial charge < -0.3 is 20.2 Å². The molecule has 2 N–H and O–H groups in total. The maximum absolute atomic E-state index is 13.3. The Morgan fingerprint density at radius 3 is 2.23 bits per heavy atom. The van der Waals surface area contributed by atoms with Crippen LogP contribution < -0.4 is 10.2 Å². The topological polar surface area (TPSA) is 102 Å². The molecule has 4 rings (SSSR count). The quantitative estimate of drug-likeness (QED) is 0.399. The minimum Gasteiger partial charge on any atom is -0.390 e. The predicted molar refractivity (Wildman–Crippen MR) is 148 cm³/mol. The molecule has 216 valence electrons. The number of nitrogens with one attached hydrogen (secondary N) is 1. The van der Waals surface area contributed by atoms with E-state index >= 15 is 0 Å². The third-order valence-electron chi connectivity index (χ3n) is 6.82. The summed E-state index contributed by atoms with van der Waals surface area (Å²) in [6.45, 7) is 1.71. The molecule has 0 bridgehead atoms. The number of pyridine rings is 2. The Morgan fingerprint density at radius 1 is 0.975 bits per heavy atom. The van der Waals surface area contributed by atoms with Crippen LogP contribution in [0.25, 0.3) is 11.1 Å². The van der Waals surface area contributed by atoms with E-state index < -0.39 is 33.9 Å². The SMILES string of the molecule is CN(C)CCN(C)c1ccc(-c2ccc(S(=O)(=O)N3CC[C@@H](Nc4ccc(C(F)(F)F)cn4)[C@@H](O)C3)cc2)cn1. The number of piperidine rings is 1. The van der Waals surface area contributed by atoms with E-state index in [1.807, 2.05) is 33.3 Å². The van der Waals surface area contributed by atoms with Gasteiger partial charge in [0.15, 0.2) is 0 Å². The third kappa shape index (κ3) is 7.08. The average Bonchev–Trinajstić information content (AvgIpc) is 2.92. The molecule has 3 heterocycles.